The molecule has 0 radical (unpaired) electrons. The monoisotopic (exact) mass is 501 g/mol. The Morgan fingerprint density at radius 2 is 1.82 bits per heavy atom. The van der Waals surface area contributed by atoms with E-state index in [1.807, 2.05) is 72.5 Å². The Bertz CT molecular complexity index is 1440. The molecule has 1 aliphatic heterocycles. The fourth-order valence-electron chi connectivity index (χ4n) is 4.67. The molecule has 0 saturated heterocycles. The third kappa shape index (κ3) is 3.78. The van der Waals surface area contributed by atoms with Gasteiger partial charge in [0.1, 0.15) is 5.82 Å². The van der Waals surface area contributed by atoms with Crippen LogP contribution in [0.15, 0.2) is 76.0 Å². The molecule has 0 aliphatic carbocycles. The van der Waals surface area contributed by atoms with Crippen molar-refractivity contribution < 1.29 is 4.79 Å². The Kier molecular flexibility index (Phi) is 5.62. The van der Waals surface area contributed by atoms with E-state index < -0.39 is 5.92 Å². The molecule has 1 aromatic heterocycles. The molecule has 5 nitrogen and oxygen atoms in total. The minimum atomic E-state index is -0.395. The first-order valence-electron chi connectivity index (χ1n) is 11.2. The van der Waals surface area contributed by atoms with E-state index in [1.165, 1.54) is 0 Å². The number of carbonyl (C=O) groups excluding carboxylic acids is 1. The second-order valence-corrected chi connectivity index (χ2v) is 9.39. The summed E-state index contributed by atoms with van der Waals surface area (Å²) in [5, 5.41) is 0.566. The van der Waals surface area contributed by atoms with Crippen LogP contribution in [-0.4, -0.2) is 22.0 Å². The molecule has 1 amide bonds. The predicted molar refractivity (Wildman–Crippen MR) is 135 cm³/mol. The van der Waals surface area contributed by atoms with Crippen LogP contribution in [-0.2, 0) is 11.2 Å². The van der Waals surface area contributed by atoms with Gasteiger partial charge >= 0.3 is 0 Å². The van der Waals surface area contributed by atoms with Gasteiger partial charge < -0.3 is 4.90 Å². The zero-order valence-corrected chi connectivity index (χ0v) is 20.2. The van der Waals surface area contributed by atoms with E-state index in [-0.39, 0.29) is 11.5 Å². The molecule has 5 rings (SSSR count). The Balaban J connectivity index is 1.70. The highest BCUT2D eigenvalue weighted by molar-refractivity contribution is 9.10. The van der Waals surface area contributed by atoms with Gasteiger partial charge in [-0.25, -0.2) is 4.98 Å². The maximum atomic E-state index is 13.6. The summed E-state index contributed by atoms with van der Waals surface area (Å²) >= 11 is 3.56. The van der Waals surface area contributed by atoms with Crippen molar-refractivity contribution in [3.63, 3.8) is 0 Å². The summed E-state index contributed by atoms with van der Waals surface area (Å²) in [4.78, 5) is 33.9. The lowest BCUT2D eigenvalue weighted by Gasteiger charge is -2.18. The number of halogens is 1. The summed E-state index contributed by atoms with van der Waals surface area (Å²) in [6.45, 7) is 4.73. The number of hydrogen-bond acceptors (Lipinski definition) is 3. The molecule has 3 aromatic carbocycles. The van der Waals surface area contributed by atoms with E-state index in [1.54, 1.807) is 10.6 Å². The highest BCUT2D eigenvalue weighted by Gasteiger charge is 2.38. The maximum Gasteiger partial charge on any atom is 0.265 e. The van der Waals surface area contributed by atoms with Gasteiger partial charge in [0.2, 0.25) is 5.91 Å². The van der Waals surface area contributed by atoms with Gasteiger partial charge in [0.05, 0.1) is 22.5 Å². The van der Waals surface area contributed by atoms with Crippen molar-refractivity contribution in [2.24, 2.45) is 0 Å². The predicted octanol–water partition coefficient (Wildman–Crippen LogP) is 5.54. The van der Waals surface area contributed by atoms with Crippen LogP contribution in [0.5, 0.6) is 0 Å². The highest BCUT2D eigenvalue weighted by atomic mass is 79.9. The second-order valence-electron chi connectivity index (χ2n) is 8.47. The van der Waals surface area contributed by atoms with Crippen LogP contribution in [0, 0.1) is 6.92 Å². The van der Waals surface area contributed by atoms with Gasteiger partial charge in [-0.3, -0.25) is 14.2 Å². The summed E-state index contributed by atoms with van der Waals surface area (Å²) in [7, 11) is 0. The van der Waals surface area contributed by atoms with Crippen LogP contribution in [0.1, 0.15) is 36.2 Å². The summed E-state index contributed by atoms with van der Waals surface area (Å²) in [5.41, 5.74) is 4.26. The van der Waals surface area contributed by atoms with Crippen LogP contribution >= 0.6 is 15.9 Å². The van der Waals surface area contributed by atoms with E-state index in [0.29, 0.717) is 29.7 Å². The fraction of sp³-hybridized carbons (Fsp3) is 0.222. The lowest BCUT2D eigenvalue weighted by Crippen LogP contribution is -2.31. The normalized spacial score (nSPS) is 15.3. The number of amides is 1. The van der Waals surface area contributed by atoms with Crippen molar-refractivity contribution >= 4 is 38.4 Å². The number of anilines is 1. The van der Waals surface area contributed by atoms with Gasteiger partial charge in [0.15, 0.2) is 0 Å². The minimum Gasteiger partial charge on any atom is -0.312 e. The van der Waals surface area contributed by atoms with Gasteiger partial charge in [0.25, 0.3) is 5.56 Å². The van der Waals surface area contributed by atoms with E-state index >= 15 is 0 Å². The lowest BCUT2D eigenvalue weighted by atomic mass is 9.96. The van der Waals surface area contributed by atoms with Crippen LogP contribution in [0.2, 0.25) is 0 Å². The largest absolute Gasteiger partial charge is 0.312 e. The molecule has 33 heavy (non-hydrogen) atoms. The molecule has 0 saturated carbocycles. The first kappa shape index (κ1) is 21.6. The van der Waals surface area contributed by atoms with Crippen LogP contribution < -0.4 is 10.5 Å². The molecule has 6 heteroatoms. The van der Waals surface area contributed by atoms with Crippen LogP contribution in [0.3, 0.4) is 0 Å². The van der Waals surface area contributed by atoms with Crippen molar-refractivity contribution in [1.29, 1.82) is 0 Å². The summed E-state index contributed by atoms with van der Waals surface area (Å²) < 4.78 is 2.60. The van der Waals surface area contributed by atoms with Gasteiger partial charge in [-0.05, 0) is 66.9 Å². The van der Waals surface area contributed by atoms with Crippen LogP contribution in [0.25, 0.3) is 16.6 Å². The molecular weight excluding hydrogens is 478 g/mol. The van der Waals surface area contributed by atoms with Crippen molar-refractivity contribution in [2.45, 2.75) is 32.6 Å². The summed E-state index contributed by atoms with van der Waals surface area (Å²) in [6, 6.07) is 21.2. The molecule has 1 unspecified atom stereocenters. The zero-order chi connectivity index (χ0) is 23.1. The van der Waals surface area contributed by atoms with E-state index in [9.17, 15) is 9.59 Å². The first-order chi connectivity index (χ1) is 16.0. The zero-order valence-electron chi connectivity index (χ0n) is 18.6. The third-order valence-corrected chi connectivity index (χ3v) is 6.65. The number of para-hydroxylation sites is 1. The average molecular weight is 502 g/mol. The van der Waals surface area contributed by atoms with Gasteiger partial charge in [-0.15, -0.1) is 0 Å². The number of carbonyl (C=O) groups is 1. The Morgan fingerprint density at radius 1 is 1.00 bits per heavy atom. The molecule has 166 valence electrons. The standard InChI is InChI=1S/C27H24BrN3O2/c1-3-13-30-24-12-11-18(28)15-21(24)22(26(30)32)16-25-29-23-10-5-4-9-20(23)27(33)31(25)19-8-6-7-17(2)14-19/h4-12,14-15,22H,3,13,16H2,1-2H3. The Hall–Kier alpha value is -3.25. The SMILES string of the molecule is CCCN1C(=O)C(Cc2nc3ccccc3c(=O)n2-c2cccc(C)c2)c2cc(Br)ccc21. The van der Waals surface area contributed by atoms with Crippen molar-refractivity contribution in [1.82, 2.24) is 9.55 Å². The Labute approximate surface area is 200 Å². The number of nitrogens with zero attached hydrogens (tertiary/aromatic N) is 3. The van der Waals surface area contributed by atoms with Gasteiger partial charge in [-0.1, -0.05) is 47.1 Å². The number of fused-ring (bicyclic) bond motifs is 2. The lowest BCUT2D eigenvalue weighted by molar-refractivity contribution is -0.119. The van der Waals surface area contributed by atoms with Gasteiger partial charge in [0, 0.05) is 23.1 Å². The summed E-state index contributed by atoms with van der Waals surface area (Å²) in [6.07, 6.45) is 1.21. The van der Waals surface area contributed by atoms with Crippen molar-refractivity contribution in [3.05, 3.63) is 98.5 Å². The number of hydrogen-bond donors (Lipinski definition) is 0. The van der Waals surface area contributed by atoms with Crippen molar-refractivity contribution in [2.75, 3.05) is 11.4 Å². The number of aryl methyl sites for hydroxylation is 1. The molecule has 0 spiro atoms. The number of aromatic nitrogens is 2. The first-order valence-corrected chi connectivity index (χ1v) is 12.0. The molecule has 0 fully saturated rings. The molecule has 0 N–H and O–H groups in total. The number of benzene rings is 3. The fourth-order valence-corrected chi connectivity index (χ4v) is 5.05. The third-order valence-electron chi connectivity index (χ3n) is 6.16. The second kappa shape index (κ2) is 8.60. The number of rotatable bonds is 5. The highest BCUT2D eigenvalue weighted by Crippen LogP contribution is 2.40. The van der Waals surface area contributed by atoms with E-state index in [2.05, 4.69) is 22.9 Å². The van der Waals surface area contributed by atoms with Gasteiger partial charge in [-0.2, -0.15) is 0 Å². The molecule has 1 aliphatic rings. The average Bonchev–Trinajstić information content (AvgIpc) is 3.05. The van der Waals surface area contributed by atoms with Crippen LogP contribution in [0.4, 0.5) is 5.69 Å². The molecule has 1 atom stereocenters. The quantitative estimate of drug-likeness (QED) is 0.360. The smallest absolute Gasteiger partial charge is 0.265 e. The minimum absolute atomic E-state index is 0.0585. The maximum absolute atomic E-state index is 13.6. The summed E-state index contributed by atoms with van der Waals surface area (Å²) in [5.74, 6) is 0.253. The molecule has 0 bridgehead atoms. The Morgan fingerprint density at radius 3 is 2.61 bits per heavy atom. The van der Waals surface area contributed by atoms with E-state index in [0.717, 1.165) is 33.4 Å². The molecular formula is C27H24BrN3O2. The van der Waals surface area contributed by atoms with E-state index in [4.69, 9.17) is 4.98 Å². The topological polar surface area (TPSA) is 55.2 Å². The molecule has 4 aromatic rings. The van der Waals surface area contributed by atoms with Crippen molar-refractivity contribution in [3.8, 4) is 5.69 Å². The molecule has 2 heterocycles.